The Balaban J connectivity index is 1.63. The zero-order chi connectivity index (χ0) is 18.0. The fourth-order valence-corrected chi connectivity index (χ4v) is 2.59. The number of aryl methyl sites for hydroxylation is 2. The molecule has 130 valence electrons. The van der Waals surface area contributed by atoms with Crippen LogP contribution < -0.4 is 4.74 Å². The summed E-state index contributed by atoms with van der Waals surface area (Å²) in [4.78, 5) is 14.5. The van der Waals surface area contributed by atoms with E-state index in [1.807, 2.05) is 24.5 Å². The molecule has 7 heteroatoms. The van der Waals surface area contributed by atoms with Crippen molar-refractivity contribution in [3.05, 3.63) is 64.0 Å². The number of nitrogens with zero attached hydrogens (tertiary/aromatic N) is 3. The van der Waals surface area contributed by atoms with Gasteiger partial charge in [-0.2, -0.15) is 0 Å². The van der Waals surface area contributed by atoms with Gasteiger partial charge in [-0.1, -0.05) is 0 Å². The summed E-state index contributed by atoms with van der Waals surface area (Å²) in [7, 11) is 0. The lowest BCUT2D eigenvalue weighted by Crippen LogP contribution is -2.23. The van der Waals surface area contributed by atoms with Crippen LogP contribution in [-0.2, 0) is 6.54 Å². The summed E-state index contributed by atoms with van der Waals surface area (Å²) in [5.74, 6) is 0.478. The molecule has 0 radical (unpaired) electrons. The van der Waals surface area contributed by atoms with Gasteiger partial charge in [0.05, 0.1) is 28.8 Å². The minimum absolute atomic E-state index is 0.00319. The average molecular weight is 341 g/mol. The van der Waals surface area contributed by atoms with Crippen molar-refractivity contribution in [2.24, 2.45) is 0 Å². The minimum atomic E-state index is -0.728. The molecule has 0 aliphatic carbocycles. The second-order valence-electron chi connectivity index (χ2n) is 6.04. The molecule has 25 heavy (non-hydrogen) atoms. The average Bonchev–Trinajstić information content (AvgIpc) is 2.95. The third-order valence-electron chi connectivity index (χ3n) is 4.13. The monoisotopic (exact) mass is 341 g/mol. The summed E-state index contributed by atoms with van der Waals surface area (Å²) in [5.41, 5.74) is 4.22. The molecule has 0 amide bonds. The molecule has 1 heterocycles. The maximum absolute atomic E-state index is 10.6. The Hall–Kier alpha value is -2.93. The summed E-state index contributed by atoms with van der Waals surface area (Å²) in [6.45, 7) is 4.52. The largest absolute Gasteiger partial charge is 0.491 e. The Morgan fingerprint density at radius 2 is 1.92 bits per heavy atom. The van der Waals surface area contributed by atoms with Gasteiger partial charge in [-0.15, -0.1) is 0 Å². The lowest BCUT2D eigenvalue weighted by molar-refractivity contribution is -0.384. The maximum atomic E-state index is 10.6. The second-order valence-corrected chi connectivity index (χ2v) is 6.04. The molecule has 1 aromatic heterocycles. The molecule has 0 aliphatic heterocycles. The number of non-ortho nitro benzene ring substituents is 1. The summed E-state index contributed by atoms with van der Waals surface area (Å²) in [6.07, 6.45) is 0.979. The van der Waals surface area contributed by atoms with Gasteiger partial charge in [0.1, 0.15) is 18.5 Å². The van der Waals surface area contributed by atoms with Crippen LogP contribution in [0.4, 0.5) is 5.69 Å². The van der Waals surface area contributed by atoms with E-state index in [1.165, 1.54) is 35.4 Å². The third-order valence-corrected chi connectivity index (χ3v) is 4.13. The number of hydrogen-bond acceptors (Lipinski definition) is 5. The van der Waals surface area contributed by atoms with Gasteiger partial charge in [0.2, 0.25) is 0 Å². The quantitative estimate of drug-likeness (QED) is 0.550. The van der Waals surface area contributed by atoms with Crippen molar-refractivity contribution in [2.45, 2.75) is 26.5 Å². The van der Waals surface area contributed by atoms with E-state index in [-0.39, 0.29) is 12.3 Å². The van der Waals surface area contributed by atoms with Crippen LogP contribution in [0.5, 0.6) is 5.75 Å². The van der Waals surface area contributed by atoms with Crippen molar-refractivity contribution >= 4 is 16.7 Å². The molecule has 0 aliphatic rings. The van der Waals surface area contributed by atoms with E-state index in [1.54, 1.807) is 6.33 Å². The van der Waals surface area contributed by atoms with Crippen LogP contribution >= 0.6 is 0 Å². The van der Waals surface area contributed by atoms with E-state index in [4.69, 9.17) is 4.74 Å². The Morgan fingerprint density at radius 3 is 2.60 bits per heavy atom. The highest BCUT2D eigenvalue weighted by atomic mass is 16.6. The number of benzene rings is 2. The highest BCUT2D eigenvalue weighted by Crippen LogP contribution is 2.20. The van der Waals surface area contributed by atoms with Crippen LogP contribution in [-0.4, -0.2) is 32.3 Å². The number of aliphatic hydroxyl groups is 1. The van der Waals surface area contributed by atoms with E-state index in [9.17, 15) is 15.2 Å². The van der Waals surface area contributed by atoms with Crippen molar-refractivity contribution in [3.63, 3.8) is 0 Å². The van der Waals surface area contributed by atoms with Crippen molar-refractivity contribution in [1.82, 2.24) is 9.55 Å². The topological polar surface area (TPSA) is 90.4 Å². The zero-order valence-electron chi connectivity index (χ0n) is 14.0. The van der Waals surface area contributed by atoms with Gasteiger partial charge < -0.3 is 14.4 Å². The van der Waals surface area contributed by atoms with Crippen LogP contribution in [0.2, 0.25) is 0 Å². The number of rotatable bonds is 6. The first-order chi connectivity index (χ1) is 11.9. The molecule has 7 nitrogen and oxygen atoms in total. The fourth-order valence-electron chi connectivity index (χ4n) is 2.59. The van der Waals surface area contributed by atoms with Gasteiger partial charge in [-0.05, 0) is 49.2 Å². The minimum Gasteiger partial charge on any atom is -0.491 e. The van der Waals surface area contributed by atoms with Crippen LogP contribution in [0.15, 0.2) is 42.7 Å². The summed E-state index contributed by atoms with van der Waals surface area (Å²) in [5, 5.41) is 20.9. The molecule has 0 spiro atoms. The van der Waals surface area contributed by atoms with E-state index in [0.717, 1.165) is 11.0 Å². The number of imidazole rings is 1. The van der Waals surface area contributed by atoms with Gasteiger partial charge in [0, 0.05) is 12.1 Å². The Bertz CT molecular complexity index is 903. The van der Waals surface area contributed by atoms with Crippen LogP contribution in [0.3, 0.4) is 0 Å². The first-order valence-corrected chi connectivity index (χ1v) is 7.91. The fraction of sp³-hybridized carbons (Fsp3) is 0.278. The molecule has 0 bridgehead atoms. The van der Waals surface area contributed by atoms with E-state index < -0.39 is 11.0 Å². The molecule has 0 saturated carbocycles. The predicted octanol–water partition coefficient (Wildman–Crippen LogP) is 3.00. The number of fused-ring (bicyclic) bond motifs is 1. The van der Waals surface area contributed by atoms with Gasteiger partial charge in [-0.25, -0.2) is 4.98 Å². The standard InChI is InChI=1S/C18H19N3O4/c1-12-7-17-18(8-13(12)2)20(11-19-17)9-15(22)10-25-16-5-3-14(4-6-16)21(23)24/h3-8,11,15,22H,9-10H2,1-2H3. The Kier molecular flexibility index (Phi) is 4.67. The van der Waals surface area contributed by atoms with Crippen LogP contribution in [0.25, 0.3) is 11.0 Å². The highest BCUT2D eigenvalue weighted by Gasteiger charge is 2.11. The van der Waals surface area contributed by atoms with Crippen LogP contribution in [0.1, 0.15) is 11.1 Å². The number of nitro groups is 1. The van der Waals surface area contributed by atoms with E-state index in [2.05, 4.69) is 11.1 Å². The normalized spacial score (nSPS) is 12.3. The molecule has 0 saturated heterocycles. The van der Waals surface area contributed by atoms with E-state index in [0.29, 0.717) is 12.3 Å². The molecule has 3 rings (SSSR count). The molecule has 1 unspecified atom stereocenters. The maximum Gasteiger partial charge on any atom is 0.269 e. The number of ether oxygens (including phenoxy) is 1. The Labute approximate surface area is 144 Å². The molecule has 0 fully saturated rings. The number of hydrogen-bond donors (Lipinski definition) is 1. The molecule has 1 N–H and O–H groups in total. The molecular formula is C18H19N3O4. The molecule has 2 aromatic carbocycles. The lowest BCUT2D eigenvalue weighted by Gasteiger charge is -2.14. The van der Waals surface area contributed by atoms with E-state index >= 15 is 0 Å². The highest BCUT2D eigenvalue weighted by molar-refractivity contribution is 5.77. The number of aromatic nitrogens is 2. The number of aliphatic hydroxyl groups excluding tert-OH is 1. The first kappa shape index (κ1) is 16.9. The third kappa shape index (κ3) is 3.77. The van der Waals surface area contributed by atoms with Crippen molar-refractivity contribution < 1.29 is 14.8 Å². The number of nitro benzene ring substituents is 1. The molecule has 1 atom stereocenters. The van der Waals surface area contributed by atoms with Gasteiger partial charge in [0.25, 0.3) is 5.69 Å². The van der Waals surface area contributed by atoms with Crippen molar-refractivity contribution in [3.8, 4) is 5.75 Å². The second kappa shape index (κ2) is 6.90. The van der Waals surface area contributed by atoms with Crippen LogP contribution in [0, 0.1) is 24.0 Å². The van der Waals surface area contributed by atoms with Gasteiger partial charge in [-0.3, -0.25) is 10.1 Å². The van der Waals surface area contributed by atoms with Gasteiger partial charge in [0.15, 0.2) is 0 Å². The molecule has 3 aromatic rings. The smallest absolute Gasteiger partial charge is 0.269 e. The van der Waals surface area contributed by atoms with Crippen molar-refractivity contribution in [2.75, 3.05) is 6.61 Å². The lowest BCUT2D eigenvalue weighted by atomic mass is 10.1. The van der Waals surface area contributed by atoms with Gasteiger partial charge >= 0.3 is 0 Å². The summed E-state index contributed by atoms with van der Waals surface area (Å²) < 4.78 is 7.39. The molecular weight excluding hydrogens is 322 g/mol. The Morgan fingerprint density at radius 1 is 1.24 bits per heavy atom. The predicted molar refractivity (Wildman–Crippen MR) is 93.8 cm³/mol. The van der Waals surface area contributed by atoms with Crippen molar-refractivity contribution in [1.29, 1.82) is 0 Å². The zero-order valence-corrected chi connectivity index (χ0v) is 14.0. The first-order valence-electron chi connectivity index (χ1n) is 7.91. The summed E-state index contributed by atoms with van der Waals surface area (Å²) >= 11 is 0. The SMILES string of the molecule is Cc1cc2ncn(CC(O)COc3ccc([N+](=O)[O-])cc3)c2cc1C. The summed E-state index contributed by atoms with van der Waals surface area (Å²) in [6, 6.07) is 9.86.